The standard InChI is InChI=1S/C14H24N4S/c1-3-7-15-11-8-12-5-4-6-13(9-11)18(12)14-16-10(2)17-19-14/h11-13,15H,3-9H2,1-2H3. The molecule has 2 unspecified atom stereocenters. The molecule has 0 aromatic carbocycles. The van der Waals surface area contributed by atoms with E-state index in [1.165, 1.54) is 38.5 Å². The van der Waals surface area contributed by atoms with Gasteiger partial charge in [0.1, 0.15) is 5.82 Å². The Labute approximate surface area is 119 Å². The highest BCUT2D eigenvalue weighted by molar-refractivity contribution is 7.09. The molecule has 0 saturated carbocycles. The van der Waals surface area contributed by atoms with Crippen LogP contribution in [0.3, 0.4) is 0 Å². The summed E-state index contributed by atoms with van der Waals surface area (Å²) in [7, 11) is 0. The lowest BCUT2D eigenvalue weighted by Gasteiger charge is -2.49. The van der Waals surface area contributed by atoms with Crippen molar-refractivity contribution in [3.05, 3.63) is 5.82 Å². The van der Waals surface area contributed by atoms with Crippen LogP contribution in [0.2, 0.25) is 0 Å². The van der Waals surface area contributed by atoms with Crippen LogP contribution in [0.25, 0.3) is 0 Å². The second-order valence-corrected chi connectivity index (χ2v) is 6.62. The van der Waals surface area contributed by atoms with Crippen molar-refractivity contribution < 1.29 is 0 Å². The fourth-order valence-corrected chi connectivity index (χ4v) is 4.42. The molecule has 0 radical (unpaired) electrons. The van der Waals surface area contributed by atoms with Gasteiger partial charge in [0.2, 0.25) is 5.13 Å². The summed E-state index contributed by atoms with van der Waals surface area (Å²) in [5.74, 6) is 0.921. The van der Waals surface area contributed by atoms with Crippen LogP contribution in [0, 0.1) is 6.92 Å². The van der Waals surface area contributed by atoms with Gasteiger partial charge < -0.3 is 10.2 Å². The summed E-state index contributed by atoms with van der Waals surface area (Å²) in [6, 6.07) is 2.06. The topological polar surface area (TPSA) is 41.0 Å². The second-order valence-electron chi connectivity index (χ2n) is 5.89. The summed E-state index contributed by atoms with van der Waals surface area (Å²) in [6.45, 7) is 5.39. The maximum absolute atomic E-state index is 4.62. The number of anilines is 1. The Bertz CT molecular complexity index is 405. The fraction of sp³-hybridized carbons (Fsp3) is 0.857. The van der Waals surface area contributed by atoms with E-state index in [-0.39, 0.29) is 0 Å². The van der Waals surface area contributed by atoms with Gasteiger partial charge in [0, 0.05) is 29.7 Å². The van der Waals surface area contributed by atoms with Crippen molar-refractivity contribution in [3.63, 3.8) is 0 Å². The van der Waals surface area contributed by atoms with E-state index in [0.29, 0.717) is 18.1 Å². The number of aryl methyl sites for hydroxylation is 1. The Morgan fingerprint density at radius 2 is 2.05 bits per heavy atom. The number of rotatable bonds is 4. The zero-order chi connectivity index (χ0) is 13.2. The molecule has 0 spiro atoms. The largest absolute Gasteiger partial charge is 0.341 e. The molecule has 3 heterocycles. The first-order chi connectivity index (χ1) is 9.28. The number of hydrogen-bond acceptors (Lipinski definition) is 5. The monoisotopic (exact) mass is 280 g/mol. The number of aromatic nitrogens is 2. The molecule has 2 fully saturated rings. The highest BCUT2D eigenvalue weighted by Gasteiger charge is 2.39. The van der Waals surface area contributed by atoms with Gasteiger partial charge in [0.15, 0.2) is 0 Å². The van der Waals surface area contributed by atoms with Gasteiger partial charge in [0.05, 0.1) is 0 Å². The molecule has 4 nitrogen and oxygen atoms in total. The average molecular weight is 280 g/mol. The van der Waals surface area contributed by atoms with Crippen LogP contribution in [0.4, 0.5) is 5.13 Å². The predicted octanol–water partition coefficient (Wildman–Crippen LogP) is 2.74. The Morgan fingerprint density at radius 3 is 2.63 bits per heavy atom. The van der Waals surface area contributed by atoms with Crippen molar-refractivity contribution in [1.82, 2.24) is 14.7 Å². The number of nitrogens with one attached hydrogen (secondary N) is 1. The van der Waals surface area contributed by atoms with Crippen LogP contribution in [0.1, 0.15) is 51.3 Å². The first-order valence-corrected chi connectivity index (χ1v) is 8.37. The number of hydrogen-bond donors (Lipinski definition) is 1. The van der Waals surface area contributed by atoms with Gasteiger partial charge in [-0.05, 0) is 52.0 Å². The second kappa shape index (κ2) is 5.75. The molecule has 5 heteroatoms. The molecule has 0 amide bonds. The molecule has 1 N–H and O–H groups in total. The first kappa shape index (κ1) is 13.3. The van der Waals surface area contributed by atoms with Gasteiger partial charge in [-0.1, -0.05) is 6.92 Å². The highest BCUT2D eigenvalue weighted by atomic mass is 32.1. The van der Waals surface area contributed by atoms with E-state index in [1.54, 1.807) is 11.5 Å². The molecule has 0 aliphatic carbocycles. The van der Waals surface area contributed by atoms with Crippen LogP contribution in [0.15, 0.2) is 0 Å². The van der Waals surface area contributed by atoms with Gasteiger partial charge in [-0.3, -0.25) is 0 Å². The Hall–Kier alpha value is -0.680. The fourth-order valence-electron chi connectivity index (χ4n) is 3.60. The molecule has 1 aromatic rings. The minimum Gasteiger partial charge on any atom is -0.341 e. The van der Waals surface area contributed by atoms with Crippen molar-refractivity contribution in [2.75, 3.05) is 11.4 Å². The Balaban J connectivity index is 1.73. The van der Waals surface area contributed by atoms with Gasteiger partial charge in [-0.15, -0.1) is 0 Å². The first-order valence-electron chi connectivity index (χ1n) is 7.60. The van der Waals surface area contributed by atoms with Crippen molar-refractivity contribution in [1.29, 1.82) is 0 Å². The predicted molar refractivity (Wildman–Crippen MR) is 79.9 cm³/mol. The molecule has 2 saturated heterocycles. The van der Waals surface area contributed by atoms with Crippen molar-refractivity contribution >= 4 is 16.7 Å². The zero-order valence-electron chi connectivity index (χ0n) is 11.9. The number of piperidine rings is 2. The van der Waals surface area contributed by atoms with E-state index in [2.05, 4.69) is 26.5 Å². The summed E-state index contributed by atoms with van der Waals surface area (Å²) >= 11 is 1.58. The van der Waals surface area contributed by atoms with Gasteiger partial charge in [0.25, 0.3) is 0 Å². The maximum atomic E-state index is 4.62. The zero-order valence-corrected chi connectivity index (χ0v) is 12.7. The quantitative estimate of drug-likeness (QED) is 0.921. The normalized spacial score (nSPS) is 30.6. The molecule has 2 bridgehead atoms. The SMILES string of the molecule is CCCNC1CC2CCCC(C1)N2c1nc(C)ns1. The van der Waals surface area contributed by atoms with Crippen LogP contribution in [-0.4, -0.2) is 34.0 Å². The smallest absolute Gasteiger partial charge is 0.205 e. The van der Waals surface area contributed by atoms with Crippen LogP contribution < -0.4 is 10.2 Å². The molecule has 3 rings (SSSR count). The average Bonchev–Trinajstić information content (AvgIpc) is 2.81. The molecule has 2 aliphatic rings. The molecular formula is C14H24N4S. The molecule has 2 aliphatic heterocycles. The van der Waals surface area contributed by atoms with E-state index in [1.807, 2.05) is 6.92 Å². The number of fused-ring (bicyclic) bond motifs is 2. The lowest BCUT2D eigenvalue weighted by molar-refractivity contribution is 0.245. The summed E-state index contributed by atoms with van der Waals surface area (Å²) in [5.41, 5.74) is 0. The minimum absolute atomic E-state index is 0.675. The van der Waals surface area contributed by atoms with Crippen LogP contribution in [-0.2, 0) is 0 Å². The summed E-state index contributed by atoms with van der Waals surface area (Å²) < 4.78 is 4.36. The van der Waals surface area contributed by atoms with E-state index in [9.17, 15) is 0 Å². The molecular weight excluding hydrogens is 256 g/mol. The lowest BCUT2D eigenvalue weighted by atomic mass is 9.82. The van der Waals surface area contributed by atoms with Crippen molar-refractivity contribution in [2.24, 2.45) is 0 Å². The van der Waals surface area contributed by atoms with Gasteiger partial charge >= 0.3 is 0 Å². The van der Waals surface area contributed by atoms with Gasteiger partial charge in [-0.25, -0.2) is 4.98 Å². The van der Waals surface area contributed by atoms with Crippen LogP contribution in [0.5, 0.6) is 0 Å². The van der Waals surface area contributed by atoms with E-state index >= 15 is 0 Å². The highest BCUT2D eigenvalue weighted by Crippen LogP contribution is 2.38. The van der Waals surface area contributed by atoms with E-state index < -0.39 is 0 Å². The molecule has 19 heavy (non-hydrogen) atoms. The molecule has 1 aromatic heterocycles. The van der Waals surface area contributed by atoms with Crippen LogP contribution >= 0.6 is 11.5 Å². The molecule has 106 valence electrons. The Morgan fingerprint density at radius 1 is 1.32 bits per heavy atom. The van der Waals surface area contributed by atoms with Crippen molar-refractivity contribution in [3.8, 4) is 0 Å². The third kappa shape index (κ3) is 2.77. The lowest BCUT2D eigenvalue weighted by Crippen LogP contribution is -2.56. The minimum atomic E-state index is 0.675. The maximum Gasteiger partial charge on any atom is 0.205 e. The molecule has 2 atom stereocenters. The van der Waals surface area contributed by atoms with E-state index in [0.717, 1.165) is 17.5 Å². The van der Waals surface area contributed by atoms with Gasteiger partial charge in [-0.2, -0.15) is 4.37 Å². The third-order valence-electron chi connectivity index (χ3n) is 4.40. The summed E-state index contributed by atoms with van der Waals surface area (Å²) in [4.78, 5) is 7.20. The third-order valence-corrected chi connectivity index (χ3v) is 5.22. The van der Waals surface area contributed by atoms with E-state index in [4.69, 9.17) is 0 Å². The Kier molecular flexibility index (Phi) is 4.03. The summed E-state index contributed by atoms with van der Waals surface area (Å²) in [6.07, 6.45) is 7.79. The van der Waals surface area contributed by atoms with Crippen molar-refractivity contribution in [2.45, 2.75) is 70.5 Å². The summed E-state index contributed by atoms with van der Waals surface area (Å²) in [5, 5.41) is 4.87. The number of nitrogens with zero attached hydrogens (tertiary/aromatic N) is 3.